The number of carboxylic acids is 1. The van der Waals surface area contributed by atoms with Crippen LogP contribution >= 0.6 is 0 Å². The maximum Gasteiger partial charge on any atom is 0.326 e. The van der Waals surface area contributed by atoms with E-state index in [0.717, 1.165) is 24.2 Å². The molecule has 11 heteroatoms. The van der Waals surface area contributed by atoms with Gasteiger partial charge in [-0.1, -0.05) is 24.6 Å². The minimum atomic E-state index is -1.62. The minimum absolute atomic E-state index is 0.00861. The molecule has 1 saturated heterocycles. The fraction of sp³-hybridized carbons (Fsp3) is 0.786. The zero-order valence-electron chi connectivity index (χ0n) is 22.6. The number of aliphatic hydroxyl groups is 4. The normalized spacial score (nSPS) is 44.3. The van der Waals surface area contributed by atoms with E-state index in [2.05, 4.69) is 12.1 Å². The molecule has 1 aliphatic heterocycles. The van der Waals surface area contributed by atoms with Crippen LogP contribution in [0.25, 0.3) is 0 Å². The number of hydrogen-bond donors (Lipinski definition) is 5. The number of carbonyl (C=O) groups excluding carboxylic acids is 2. The van der Waals surface area contributed by atoms with E-state index in [4.69, 9.17) is 4.84 Å². The molecule has 3 saturated carbocycles. The summed E-state index contributed by atoms with van der Waals surface area (Å²) in [7, 11) is 0. The molecule has 216 valence electrons. The first-order chi connectivity index (χ1) is 18.4. The second-order valence-electron chi connectivity index (χ2n) is 12.7. The summed E-state index contributed by atoms with van der Waals surface area (Å²) in [6.07, 6.45) is 4.61. The molecule has 9 atom stereocenters. The Hall–Kier alpha value is -2.34. The lowest BCUT2D eigenvalue weighted by atomic mass is 9.45. The summed E-state index contributed by atoms with van der Waals surface area (Å²) in [5.41, 5.74) is -0.824. The SMILES string of the molecule is C[C@]12CC/C(=N/OCC(=O)N3C[C@@H](O)C[C@@H]3C(=O)O)C=C1CC[C@@H]1[C@@H]2[C@H](O)C[C@@]2(C)[C@H]1CC[C@]2(O)C(=O)CO. The lowest BCUT2D eigenvalue weighted by Gasteiger charge is -2.60. The van der Waals surface area contributed by atoms with Crippen LogP contribution in [0.5, 0.6) is 0 Å². The van der Waals surface area contributed by atoms with Crippen LogP contribution in [-0.4, -0.2) is 97.4 Å². The van der Waals surface area contributed by atoms with E-state index >= 15 is 0 Å². The number of Topliss-reactive ketones (excluding diaryl/α,β-unsaturated/α-hetero) is 1. The van der Waals surface area contributed by atoms with Crippen LogP contribution in [0.4, 0.5) is 0 Å². The molecule has 5 N–H and O–H groups in total. The number of carbonyl (C=O) groups is 3. The Kier molecular flexibility index (Phi) is 7.18. The van der Waals surface area contributed by atoms with Crippen molar-refractivity contribution in [3.63, 3.8) is 0 Å². The standard InChI is InChI=1S/C28H40N2O9/c1-26-7-5-16(29-39-14-23(35)30-12-17(32)10-20(30)25(36)37)9-15(26)3-4-18-19-6-8-28(38,22(34)13-31)27(19,2)11-21(33)24(18)26/h9,17-21,24,31-33,38H,3-8,10-14H2,1-2H3,(H,36,37)/b29-16-/t17-,18-,19-,20+,21+,24+,26-,27-,28-/m0/s1. The van der Waals surface area contributed by atoms with Crippen LogP contribution in [0, 0.1) is 28.6 Å². The van der Waals surface area contributed by atoms with E-state index < -0.39 is 60.1 Å². The molecule has 4 aliphatic carbocycles. The van der Waals surface area contributed by atoms with Crippen LogP contribution < -0.4 is 0 Å². The minimum Gasteiger partial charge on any atom is -0.480 e. The first-order valence-electron chi connectivity index (χ1n) is 14.0. The van der Waals surface area contributed by atoms with Gasteiger partial charge >= 0.3 is 5.97 Å². The Balaban J connectivity index is 1.29. The van der Waals surface area contributed by atoms with Crippen LogP contribution in [0.3, 0.4) is 0 Å². The van der Waals surface area contributed by atoms with Crippen LogP contribution in [0.15, 0.2) is 16.8 Å². The zero-order valence-corrected chi connectivity index (χ0v) is 22.6. The van der Waals surface area contributed by atoms with Crippen molar-refractivity contribution in [3.05, 3.63) is 11.6 Å². The summed E-state index contributed by atoms with van der Waals surface area (Å²) in [5.74, 6) is -2.06. The van der Waals surface area contributed by atoms with Gasteiger partial charge in [-0.05, 0) is 74.2 Å². The lowest BCUT2D eigenvalue weighted by molar-refractivity contribution is -0.181. The van der Waals surface area contributed by atoms with Gasteiger partial charge in [-0.15, -0.1) is 0 Å². The van der Waals surface area contributed by atoms with Crippen molar-refractivity contribution in [1.82, 2.24) is 4.90 Å². The molecule has 0 radical (unpaired) electrons. The van der Waals surface area contributed by atoms with Gasteiger partial charge in [0.25, 0.3) is 5.91 Å². The average Bonchev–Trinajstić information content (AvgIpc) is 3.41. The van der Waals surface area contributed by atoms with Crippen molar-refractivity contribution in [1.29, 1.82) is 0 Å². The van der Waals surface area contributed by atoms with E-state index in [-0.39, 0.29) is 36.1 Å². The fourth-order valence-electron chi connectivity index (χ4n) is 8.94. The van der Waals surface area contributed by atoms with Gasteiger partial charge in [0.15, 0.2) is 12.4 Å². The van der Waals surface area contributed by atoms with Gasteiger partial charge in [-0.25, -0.2) is 4.79 Å². The summed E-state index contributed by atoms with van der Waals surface area (Å²) in [6.45, 7) is 2.91. The number of rotatable bonds is 6. The van der Waals surface area contributed by atoms with Gasteiger partial charge in [0, 0.05) is 18.4 Å². The van der Waals surface area contributed by atoms with Gasteiger partial charge in [-0.2, -0.15) is 0 Å². The number of fused-ring (bicyclic) bond motifs is 5. The summed E-state index contributed by atoms with van der Waals surface area (Å²) in [4.78, 5) is 42.9. The predicted octanol–water partition coefficient (Wildman–Crippen LogP) is 0.631. The van der Waals surface area contributed by atoms with Crippen molar-refractivity contribution in [2.24, 2.45) is 33.7 Å². The van der Waals surface area contributed by atoms with E-state index in [9.17, 15) is 39.9 Å². The Morgan fingerprint density at radius 1 is 1.15 bits per heavy atom. The monoisotopic (exact) mass is 548 g/mol. The molecule has 5 rings (SSSR count). The molecular weight excluding hydrogens is 508 g/mol. The van der Waals surface area contributed by atoms with Crippen LogP contribution in [0.2, 0.25) is 0 Å². The fourth-order valence-corrected chi connectivity index (χ4v) is 8.94. The van der Waals surface area contributed by atoms with E-state index in [1.165, 1.54) is 5.57 Å². The number of nitrogens with zero attached hydrogens (tertiary/aromatic N) is 2. The van der Waals surface area contributed by atoms with Crippen molar-refractivity contribution in [3.8, 4) is 0 Å². The highest BCUT2D eigenvalue weighted by molar-refractivity contribution is 5.96. The molecule has 5 aliphatic rings. The molecule has 39 heavy (non-hydrogen) atoms. The Labute approximate surface area is 227 Å². The lowest BCUT2D eigenvalue weighted by Crippen LogP contribution is -2.62. The number of aliphatic hydroxyl groups excluding tert-OH is 3. The van der Waals surface area contributed by atoms with E-state index in [1.54, 1.807) is 0 Å². The van der Waals surface area contributed by atoms with Gasteiger partial charge in [0.1, 0.15) is 18.2 Å². The molecule has 0 aromatic carbocycles. The predicted molar refractivity (Wildman–Crippen MR) is 137 cm³/mol. The van der Waals surface area contributed by atoms with Crippen molar-refractivity contribution >= 4 is 23.4 Å². The summed E-state index contributed by atoms with van der Waals surface area (Å²) in [6, 6.07) is -1.07. The molecular formula is C28H40N2O9. The van der Waals surface area contributed by atoms with Gasteiger partial charge in [0.2, 0.25) is 0 Å². The number of carboxylic acid groups (broad SMARTS) is 1. The number of ketones is 1. The number of hydrogen-bond acceptors (Lipinski definition) is 9. The van der Waals surface area contributed by atoms with Crippen molar-refractivity contribution in [2.75, 3.05) is 19.8 Å². The molecule has 0 spiro atoms. The van der Waals surface area contributed by atoms with E-state index in [1.807, 2.05) is 13.0 Å². The van der Waals surface area contributed by atoms with Gasteiger partial charge in [-0.3, -0.25) is 9.59 Å². The maximum absolute atomic E-state index is 12.6. The molecule has 11 nitrogen and oxygen atoms in total. The third-order valence-corrected chi connectivity index (χ3v) is 10.9. The number of likely N-dealkylation sites (tertiary alicyclic amines) is 1. The van der Waals surface area contributed by atoms with E-state index in [0.29, 0.717) is 31.4 Å². The highest BCUT2D eigenvalue weighted by Gasteiger charge is 2.68. The number of amides is 1. The Morgan fingerprint density at radius 2 is 1.90 bits per heavy atom. The highest BCUT2D eigenvalue weighted by Crippen LogP contribution is 2.67. The summed E-state index contributed by atoms with van der Waals surface area (Å²) in [5, 5.41) is 55.6. The van der Waals surface area contributed by atoms with Crippen LogP contribution in [-0.2, 0) is 19.2 Å². The molecule has 4 fully saturated rings. The molecule has 0 bridgehead atoms. The number of aliphatic carboxylic acids is 1. The summed E-state index contributed by atoms with van der Waals surface area (Å²) >= 11 is 0. The molecule has 0 aromatic rings. The summed E-state index contributed by atoms with van der Waals surface area (Å²) < 4.78 is 0. The zero-order chi connectivity index (χ0) is 28.3. The second kappa shape index (κ2) is 9.94. The average molecular weight is 549 g/mol. The first-order valence-corrected chi connectivity index (χ1v) is 14.0. The molecule has 0 unspecified atom stereocenters. The number of oxime groups is 1. The highest BCUT2D eigenvalue weighted by atomic mass is 16.6. The third-order valence-electron chi connectivity index (χ3n) is 10.9. The van der Waals surface area contributed by atoms with Gasteiger partial charge < -0.3 is 35.3 Å². The largest absolute Gasteiger partial charge is 0.480 e. The Bertz CT molecular complexity index is 1110. The molecule has 0 aromatic heterocycles. The smallest absolute Gasteiger partial charge is 0.326 e. The quantitative estimate of drug-likeness (QED) is 0.298. The topological polar surface area (TPSA) is 177 Å². The maximum atomic E-state index is 12.6. The van der Waals surface area contributed by atoms with Crippen LogP contribution in [0.1, 0.15) is 65.2 Å². The number of β-amino-alcohol motifs (C(OH)–C–C–N with tert-alkyl or cyclic N) is 1. The second-order valence-corrected chi connectivity index (χ2v) is 12.7. The van der Waals surface area contributed by atoms with Crippen molar-refractivity contribution < 1.29 is 44.8 Å². The third kappa shape index (κ3) is 4.32. The number of allylic oxidation sites excluding steroid dienone is 2. The van der Waals surface area contributed by atoms with Gasteiger partial charge in [0.05, 0.1) is 17.9 Å². The molecule has 1 amide bonds. The first kappa shape index (κ1) is 28.2. The Morgan fingerprint density at radius 3 is 2.59 bits per heavy atom. The van der Waals surface area contributed by atoms with Crippen molar-refractivity contribution in [2.45, 2.75) is 89.1 Å². The molecule has 1 heterocycles.